The van der Waals surface area contributed by atoms with E-state index in [1.807, 2.05) is 120 Å². The number of aromatic nitrogens is 3. The normalized spacial score (nSPS) is 22.9. The zero-order chi connectivity index (χ0) is 38.2. The van der Waals surface area contributed by atoms with Crippen molar-refractivity contribution in [1.29, 1.82) is 0 Å². The smallest absolute Gasteiger partial charge is 0.115 e. The third-order valence-corrected chi connectivity index (χ3v) is 11.3. The Hall–Kier alpha value is -4.22. The molecule has 9 heteroatoms. The Kier molecular flexibility index (Phi) is 15.2. The molecule has 2 saturated carbocycles. The average Bonchev–Trinajstić information content (AvgIpc) is 3.72. The van der Waals surface area contributed by atoms with Gasteiger partial charge in [-0.1, -0.05) is 171 Å². The lowest BCUT2D eigenvalue weighted by Crippen LogP contribution is -2.69. The lowest BCUT2D eigenvalue weighted by Gasteiger charge is -2.49. The molecular formula is C47H58N4O5. The maximum atomic E-state index is 12.4. The molecule has 5 aromatic rings. The summed E-state index contributed by atoms with van der Waals surface area (Å²) in [5.74, 6) is 0.891. The topological polar surface area (TPSA) is 99.9 Å². The van der Waals surface area contributed by atoms with Crippen LogP contribution in [0.25, 0.3) is 0 Å². The second-order valence-corrected chi connectivity index (χ2v) is 15.4. The van der Waals surface area contributed by atoms with Crippen LogP contribution in [-0.2, 0) is 58.5 Å². The maximum absolute atomic E-state index is 12.4. The van der Waals surface area contributed by atoms with Gasteiger partial charge in [-0.25, -0.2) is 0 Å². The highest BCUT2D eigenvalue weighted by molar-refractivity contribution is 5.18. The molecule has 7 rings (SSSR count). The lowest BCUT2D eigenvalue weighted by molar-refractivity contribution is -0.251. The van der Waals surface area contributed by atoms with Crippen LogP contribution in [0.4, 0.5) is 0 Å². The summed E-state index contributed by atoms with van der Waals surface area (Å²) in [5.41, 5.74) is 4.88. The standard InChI is InChI=1S/C47H58N4O5/c52-43-42(48-30-41-31-51(50-49-41)29-17-16-20-36-18-6-1-7-19-36)44(53-32-37-21-8-2-9-22-37)46(55-34-39-25-12-4-13-26-39)47(56-35-40-27-14-5-15-28-40)45(43)54-33-38-23-10-3-11-24-38/h2-5,8-15,21-28,31,36,42-48,52H,1,6-7,16-20,29-30,32-35H2/t42-,43-,44+,45+,46-,47-/m1/s1. The number of aryl methyl sites for hydroxylation is 1. The molecule has 2 aliphatic rings. The van der Waals surface area contributed by atoms with Gasteiger partial charge >= 0.3 is 0 Å². The minimum Gasteiger partial charge on any atom is -0.389 e. The molecule has 0 radical (unpaired) electrons. The molecule has 0 bridgehead atoms. The van der Waals surface area contributed by atoms with Crippen LogP contribution in [0.3, 0.4) is 0 Å². The summed E-state index contributed by atoms with van der Waals surface area (Å²) in [6, 6.07) is 39.7. The first kappa shape index (κ1) is 40.0. The largest absolute Gasteiger partial charge is 0.389 e. The minimum atomic E-state index is -1.01. The van der Waals surface area contributed by atoms with Crippen LogP contribution in [0.5, 0.6) is 0 Å². The molecule has 2 fully saturated rings. The first-order valence-corrected chi connectivity index (χ1v) is 20.6. The Balaban J connectivity index is 1.13. The van der Waals surface area contributed by atoms with Gasteiger partial charge in [0.05, 0.1) is 38.2 Å². The van der Waals surface area contributed by atoms with Gasteiger partial charge in [-0.2, -0.15) is 0 Å². The Bertz CT molecular complexity index is 1810. The quantitative estimate of drug-likeness (QED) is 0.0767. The maximum Gasteiger partial charge on any atom is 0.115 e. The molecule has 0 amide bonds. The minimum absolute atomic E-state index is 0.302. The van der Waals surface area contributed by atoms with Crippen LogP contribution >= 0.6 is 0 Å². The van der Waals surface area contributed by atoms with E-state index >= 15 is 0 Å². The summed E-state index contributed by atoms with van der Waals surface area (Å²) < 4.78 is 29.1. The van der Waals surface area contributed by atoms with Gasteiger partial charge in [0.25, 0.3) is 0 Å². The number of aliphatic hydroxyl groups is 1. The third-order valence-electron chi connectivity index (χ3n) is 11.3. The lowest BCUT2D eigenvalue weighted by atomic mass is 9.82. The van der Waals surface area contributed by atoms with Gasteiger partial charge in [0.1, 0.15) is 30.5 Å². The molecular weight excluding hydrogens is 701 g/mol. The summed E-state index contributed by atoms with van der Waals surface area (Å²) in [5, 5.41) is 25.1. The molecule has 0 unspecified atom stereocenters. The number of unbranched alkanes of at least 4 members (excludes halogenated alkanes) is 1. The molecule has 0 aliphatic heterocycles. The molecule has 2 aliphatic carbocycles. The number of aliphatic hydroxyl groups excluding tert-OH is 1. The van der Waals surface area contributed by atoms with E-state index in [9.17, 15) is 5.11 Å². The fourth-order valence-electron chi connectivity index (χ4n) is 8.18. The summed E-state index contributed by atoms with van der Waals surface area (Å²) in [4.78, 5) is 0. The van der Waals surface area contributed by atoms with Gasteiger partial charge in [0, 0.05) is 19.3 Å². The summed E-state index contributed by atoms with van der Waals surface area (Å²) in [6.45, 7) is 2.53. The highest BCUT2D eigenvalue weighted by Crippen LogP contribution is 2.33. The third kappa shape index (κ3) is 11.7. The SMILES string of the molecule is O[C@@H]1[C@@H](NCc2cn(CCCCC3CCCCC3)nn2)[C@H](OCc2ccccc2)[C@@H](OCc2ccccc2)[C@H](OCc2ccccc2)[C@H]1OCc1ccccc1. The molecule has 56 heavy (non-hydrogen) atoms. The monoisotopic (exact) mass is 758 g/mol. The van der Waals surface area contributed by atoms with E-state index in [0.29, 0.717) is 33.0 Å². The number of ether oxygens (including phenoxy) is 4. The fraction of sp³-hybridized carbons (Fsp3) is 0.447. The Labute approximate surface area is 332 Å². The fourth-order valence-corrected chi connectivity index (χ4v) is 8.18. The highest BCUT2D eigenvalue weighted by atomic mass is 16.6. The van der Waals surface area contributed by atoms with Gasteiger partial charge in [-0.15, -0.1) is 5.10 Å². The van der Waals surface area contributed by atoms with Crippen molar-refractivity contribution < 1.29 is 24.1 Å². The second kappa shape index (κ2) is 21.3. The van der Waals surface area contributed by atoms with Gasteiger partial charge in [-0.05, 0) is 34.6 Å². The molecule has 9 nitrogen and oxygen atoms in total. The Morgan fingerprint density at radius 3 is 1.55 bits per heavy atom. The van der Waals surface area contributed by atoms with Gasteiger partial charge < -0.3 is 29.4 Å². The number of benzene rings is 4. The summed E-state index contributed by atoms with van der Waals surface area (Å²) in [7, 11) is 0. The van der Waals surface area contributed by atoms with Crippen molar-refractivity contribution in [2.75, 3.05) is 0 Å². The van der Waals surface area contributed by atoms with Crippen LogP contribution in [0, 0.1) is 5.92 Å². The molecule has 6 atom stereocenters. The number of hydrogen-bond donors (Lipinski definition) is 2. The van der Waals surface area contributed by atoms with Crippen molar-refractivity contribution in [2.45, 2.75) is 127 Å². The van der Waals surface area contributed by atoms with Crippen molar-refractivity contribution in [3.63, 3.8) is 0 Å². The van der Waals surface area contributed by atoms with Crippen molar-refractivity contribution >= 4 is 0 Å². The molecule has 296 valence electrons. The van der Waals surface area contributed by atoms with Crippen LogP contribution in [0.2, 0.25) is 0 Å². The van der Waals surface area contributed by atoms with Gasteiger partial charge in [0.2, 0.25) is 0 Å². The molecule has 0 saturated heterocycles. The van der Waals surface area contributed by atoms with Crippen LogP contribution in [-0.4, -0.2) is 56.7 Å². The zero-order valence-corrected chi connectivity index (χ0v) is 32.5. The summed E-state index contributed by atoms with van der Waals surface area (Å²) >= 11 is 0. The van der Waals surface area contributed by atoms with Crippen molar-refractivity contribution in [2.24, 2.45) is 5.92 Å². The van der Waals surface area contributed by atoms with Crippen LogP contribution in [0.1, 0.15) is 79.3 Å². The second-order valence-electron chi connectivity index (χ2n) is 15.4. The molecule has 0 spiro atoms. The first-order chi connectivity index (χ1) is 27.7. The number of rotatable bonds is 20. The number of hydrogen-bond acceptors (Lipinski definition) is 8. The van der Waals surface area contributed by atoms with Crippen molar-refractivity contribution in [3.8, 4) is 0 Å². The summed E-state index contributed by atoms with van der Waals surface area (Å²) in [6.07, 6.45) is 8.95. The highest BCUT2D eigenvalue weighted by Gasteiger charge is 2.53. The predicted molar refractivity (Wildman–Crippen MR) is 217 cm³/mol. The molecule has 1 aromatic heterocycles. The van der Waals surface area contributed by atoms with E-state index < -0.39 is 36.6 Å². The number of nitrogens with zero attached hydrogens (tertiary/aromatic N) is 3. The van der Waals surface area contributed by atoms with Crippen LogP contribution < -0.4 is 5.32 Å². The van der Waals surface area contributed by atoms with Gasteiger partial charge in [-0.3, -0.25) is 4.68 Å². The Morgan fingerprint density at radius 2 is 1.04 bits per heavy atom. The molecule has 1 heterocycles. The first-order valence-electron chi connectivity index (χ1n) is 20.6. The average molecular weight is 759 g/mol. The molecule has 2 N–H and O–H groups in total. The van der Waals surface area contributed by atoms with E-state index in [1.54, 1.807) is 0 Å². The van der Waals surface area contributed by atoms with Gasteiger partial charge in [0.15, 0.2) is 0 Å². The zero-order valence-electron chi connectivity index (χ0n) is 32.5. The number of nitrogens with one attached hydrogen (secondary N) is 1. The molecule has 4 aromatic carbocycles. The van der Waals surface area contributed by atoms with Crippen molar-refractivity contribution in [1.82, 2.24) is 20.3 Å². The predicted octanol–water partition coefficient (Wildman–Crippen LogP) is 8.20. The van der Waals surface area contributed by atoms with E-state index in [-0.39, 0.29) is 0 Å². The van der Waals surface area contributed by atoms with E-state index in [4.69, 9.17) is 18.9 Å². The van der Waals surface area contributed by atoms with Crippen LogP contribution in [0.15, 0.2) is 128 Å². The van der Waals surface area contributed by atoms with E-state index in [2.05, 4.69) is 27.8 Å². The van der Waals surface area contributed by atoms with E-state index in [1.165, 1.54) is 44.9 Å². The Morgan fingerprint density at radius 1 is 0.571 bits per heavy atom. The van der Waals surface area contributed by atoms with E-state index in [0.717, 1.165) is 46.8 Å². The van der Waals surface area contributed by atoms with Crippen molar-refractivity contribution in [3.05, 3.63) is 155 Å².